The molecule has 0 aliphatic heterocycles. The van der Waals surface area contributed by atoms with Gasteiger partial charge in [0.2, 0.25) is 0 Å². The van der Waals surface area contributed by atoms with Gasteiger partial charge in [0.25, 0.3) is 0 Å². The Morgan fingerprint density at radius 2 is 1.40 bits per heavy atom. The van der Waals surface area contributed by atoms with Crippen LogP contribution in [0.5, 0.6) is 0 Å². The van der Waals surface area contributed by atoms with E-state index in [1.54, 1.807) is 0 Å². The fraction of sp³-hybridized carbons (Fsp3) is 0.342. The van der Waals surface area contributed by atoms with Crippen molar-refractivity contribution in [3.63, 3.8) is 0 Å². The maximum Gasteiger partial charge on any atom is 0.169 e. The quantitative estimate of drug-likeness (QED) is 0.117. The van der Waals surface area contributed by atoms with E-state index in [1.165, 1.54) is 15.8 Å². The molecule has 3 saturated carbocycles. The fourth-order valence-corrected chi connectivity index (χ4v) is 15.0. The molecule has 2 heteroatoms. The summed E-state index contributed by atoms with van der Waals surface area (Å²) in [5.41, 5.74) is 0.556. The topological polar surface area (TPSA) is 17.1 Å². The van der Waals surface area contributed by atoms with Gasteiger partial charge in [0.1, 0.15) is 8.07 Å². The van der Waals surface area contributed by atoms with E-state index in [4.69, 9.17) is 0 Å². The van der Waals surface area contributed by atoms with Gasteiger partial charge in [-0.05, 0) is 71.4 Å². The van der Waals surface area contributed by atoms with Gasteiger partial charge in [-0.25, -0.2) is 0 Å². The van der Waals surface area contributed by atoms with Gasteiger partial charge in [0, 0.05) is 11.0 Å². The number of rotatable bonds is 9. The first-order valence-electron chi connectivity index (χ1n) is 15.0. The first-order valence-corrected chi connectivity index (χ1v) is 17.2. The van der Waals surface area contributed by atoms with Crippen LogP contribution in [0.15, 0.2) is 116 Å². The van der Waals surface area contributed by atoms with E-state index in [-0.39, 0.29) is 15.9 Å². The molecule has 4 aromatic carbocycles. The van der Waals surface area contributed by atoms with Crippen LogP contribution in [-0.4, -0.2) is 13.9 Å². The first-order chi connectivity index (χ1) is 19.2. The van der Waals surface area contributed by atoms with Crippen molar-refractivity contribution in [2.24, 2.45) is 16.7 Å². The summed E-state index contributed by atoms with van der Waals surface area (Å²) in [7, 11) is -2.38. The molecule has 0 unspecified atom stereocenters. The van der Waals surface area contributed by atoms with Gasteiger partial charge in [0.05, 0.1) is 0 Å². The van der Waals surface area contributed by atoms with E-state index in [1.807, 2.05) is 0 Å². The molecule has 0 amide bonds. The summed E-state index contributed by atoms with van der Waals surface area (Å²) >= 11 is 0. The van der Waals surface area contributed by atoms with E-state index >= 15 is 0 Å². The maximum absolute atomic E-state index is 14.8. The van der Waals surface area contributed by atoms with Crippen LogP contribution in [0, 0.1) is 16.7 Å². The molecule has 3 aliphatic carbocycles. The number of hydrogen-bond acceptors (Lipinski definition) is 1. The SMILES string of the molecule is C=CCC[C@@]1(C[Si](c2ccccc2)(c2ccccc2)C(C)(C)C)CC2CC1(C(=O)c1ccc3ccccc3c1)C2. The van der Waals surface area contributed by atoms with Crippen LogP contribution in [0.1, 0.15) is 63.2 Å². The van der Waals surface area contributed by atoms with Crippen molar-refractivity contribution < 1.29 is 4.79 Å². The van der Waals surface area contributed by atoms with Gasteiger partial charge < -0.3 is 0 Å². The second-order valence-corrected chi connectivity index (χ2v) is 18.4. The molecule has 1 atom stereocenters. The third-order valence-electron chi connectivity index (χ3n) is 10.7. The lowest BCUT2D eigenvalue weighted by Crippen LogP contribution is -2.67. The van der Waals surface area contributed by atoms with Gasteiger partial charge in [-0.1, -0.05) is 134 Å². The summed E-state index contributed by atoms with van der Waals surface area (Å²) < 4.78 is 0. The molecule has 3 fully saturated rings. The number of ketones is 1. The number of Topliss-reactive ketones (excluding diaryl/α,β-unsaturated/α-hetero) is 1. The van der Waals surface area contributed by atoms with Crippen molar-refractivity contribution in [2.45, 2.75) is 64.0 Å². The highest BCUT2D eigenvalue weighted by molar-refractivity contribution is 7.04. The molecule has 4 aromatic rings. The van der Waals surface area contributed by atoms with Crippen molar-refractivity contribution in [3.05, 3.63) is 121 Å². The Hall–Kier alpha value is -3.23. The normalized spacial score (nSPS) is 24.0. The highest BCUT2D eigenvalue weighted by Gasteiger charge is 2.71. The second-order valence-electron chi connectivity index (χ2n) is 13.6. The van der Waals surface area contributed by atoms with Crippen molar-refractivity contribution >= 4 is 35.0 Å². The number of benzene rings is 4. The van der Waals surface area contributed by atoms with Crippen molar-refractivity contribution in [1.82, 2.24) is 0 Å². The standard InChI is InChI=1S/C38H42OSi/c1-5-6-23-37(28-40(36(2,3)4,33-17-9-7-10-18-33)34-19-11-8-12-20-34)25-29-26-38(37,27-29)35(39)32-22-21-30-15-13-14-16-31(30)24-32/h5,7-22,24,29H,1,6,23,25-28H2,2-4H3/t29?,37-,38?/m0/s1. The molecule has 0 heterocycles. The van der Waals surface area contributed by atoms with E-state index in [0.29, 0.717) is 11.7 Å². The molecule has 0 radical (unpaired) electrons. The Morgan fingerprint density at radius 3 is 1.98 bits per heavy atom. The molecule has 0 saturated heterocycles. The molecule has 40 heavy (non-hydrogen) atoms. The van der Waals surface area contributed by atoms with E-state index in [0.717, 1.165) is 49.1 Å². The predicted molar refractivity (Wildman–Crippen MR) is 172 cm³/mol. The Balaban J connectivity index is 1.53. The zero-order valence-corrected chi connectivity index (χ0v) is 25.3. The van der Waals surface area contributed by atoms with Gasteiger partial charge in [-0.15, -0.1) is 6.58 Å². The van der Waals surface area contributed by atoms with Crippen LogP contribution in [0.3, 0.4) is 0 Å². The molecule has 1 nitrogen and oxygen atoms in total. The predicted octanol–water partition coefficient (Wildman–Crippen LogP) is 8.84. The van der Waals surface area contributed by atoms with Gasteiger partial charge in [0.15, 0.2) is 5.78 Å². The average Bonchev–Trinajstić information content (AvgIpc) is 3.44. The molecule has 7 rings (SSSR count). The van der Waals surface area contributed by atoms with E-state index < -0.39 is 8.07 Å². The van der Waals surface area contributed by atoms with Gasteiger partial charge in [-0.2, -0.15) is 0 Å². The maximum atomic E-state index is 14.8. The lowest BCUT2D eigenvalue weighted by Gasteiger charge is -2.54. The summed E-state index contributed by atoms with van der Waals surface area (Å²) in [5, 5.41) is 5.40. The molecule has 0 spiro atoms. The molecular formula is C38H42OSi. The zero-order chi connectivity index (χ0) is 28.0. The smallest absolute Gasteiger partial charge is 0.169 e. The van der Waals surface area contributed by atoms with Crippen molar-refractivity contribution in [3.8, 4) is 0 Å². The molecule has 2 bridgehead atoms. The molecule has 3 aliphatic rings. The Labute approximate surface area is 241 Å². The van der Waals surface area contributed by atoms with Crippen LogP contribution >= 0.6 is 0 Å². The molecule has 0 N–H and O–H groups in total. The zero-order valence-electron chi connectivity index (χ0n) is 24.3. The van der Waals surface area contributed by atoms with Gasteiger partial charge in [-0.3, -0.25) is 4.79 Å². The van der Waals surface area contributed by atoms with Crippen LogP contribution in [0.25, 0.3) is 10.8 Å². The van der Waals surface area contributed by atoms with Crippen LogP contribution < -0.4 is 10.4 Å². The van der Waals surface area contributed by atoms with E-state index in [9.17, 15) is 4.79 Å². The third kappa shape index (κ3) is 4.06. The summed E-state index contributed by atoms with van der Waals surface area (Å²) in [4.78, 5) is 14.8. The number of carbonyl (C=O) groups excluding carboxylic acids is 1. The number of allylic oxidation sites excluding steroid dienone is 1. The minimum Gasteiger partial charge on any atom is -0.294 e. The van der Waals surface area contributed by atoms with E-state index in [2.05, 4.69) is 137 Å². The summed E-state index contributed by atoms with van der Waals surface area (Å²) in [5.74, 6) is 1.03. The fourth-order valence-electron chi connectivity index (χ4n) is 8.79. The molecule has 0 aromatic heterocycles. The highest BCUT2D eigenvalue weighted by atomic mass is 28.3. The minimum absolute atomic E-state index is 0.0419. The van der Waals surface area contributed by atoms with Crippen molar-refractivity contribution in [2.75, 3.05) is 0 Å². The third-order valence-corrected chi connectivity index (χ3v) is 17.1. The van der Waals surface area contributed by atoms with Crippen LogP contribution in [0.4, 0.5) is 0 Å². The van der Waals surface area contributed by atoms with Crippen LogP contribution in [0.2, 0.25) is 11.1 Å². The largest absolute Gasteiger partial charge is 0.294 e. The second kappa shape index (κ2) is 10.00. The number of carbonyl (C=O) groups is 1. The highest BCUT2D eigenvalue weighted by Crippen LogP contribution is 2.74. The summed E-state index contributed by atoms with van der Waals surface area (Å²) in [6.45, 7) is 11.5. The lowest BCUT2D eigenvalue weighted by atomic mass is 9.56. The minimum atomic E-state index is -2.38. The first kappa shape index (κ1) is 27.0. The summed E-state index contributed by atoms with van der Waals surface area (Å²) in [6.07, 6.45) is 7.30. The molecular weight excluding hydrogens is 501 g/mol. The van der Waals surface area contributed by atoms with Crippen LogP contribution in [-0.2, 0) is 0 Å². The Bertz CT molecular complexity index is 1480. The number of hydrogen-bond donors (Lipinski definition) is 0. The monoisotopic (exact) mass is 542 g/mol. The summed E-state index contributed by atoms with van der Waals surface area (Å²) in [6, 6.07) is 38.5. The lowest BCUT2D eigenvalue weighted by molar-refractivity contribution is 0.0313. The van der Waals surface area contributed by atoms with Gasteiger partial charge >= 0.3 is 0 Å². The van der Waals surface area contributed by atoms with Crippen molar-refractivity contribution in [1.29, 1.82) is 0 Å². The Morgan fingerprint density at radius 1 is 0.825 bits per heavy atom. The average molecular weight is 543 g/mol. The Kier molecular flexibility index (Phi) is 6.74. The molecule has 204 valence electrons. The number of fused-ring (bicyclic) bond motifs is 2.